The molecule has 138 valence electrons. The summed E-state index contributed by atoms with van der Waals surface area (Å²) in [4.78, 5) is 26.2. The van der Waals surface area contributed by atoms with Crippen molar-refractivity contribution in [3.63, 3.8) is 0 Å². The number of hydrogen-bond donors (Lipinski definition) is 1. The van der Waals surface area contributed by atoms with Gasteiger partial charge in [0, 0.05) is 18.8 Å². The van der Waals surface area contributed by atoms with Gasteiger partial charge in [-0.2, -0.15) is 0 Å². The molecule has 2 aromatic carbocycles. The summed E-state index contributed by atoms with van der Waals surface area (Å²) in [5.74, 6) is 0.593. The molecule has 26 heavy (non-hydrogen) atoms. The molecule has 2 rings (SSSR count). The van der Waals surface area contributed by atoms with Gasteiger partial charge < -0.3 is 10.2 Å². The van der Waals surface area contributed by atoms with Crippen molar-refractivity contribution < 1.29 is 9.59 Å². The van der Waals surface area contributed by atoms with Crippen LogP contribution in [0.25, 0.3) is 0 Å². The normalized spacial score (nSPS) is 10.4. The number of nitrogens with zero attached hydrogens (tertiary/aromatic N) is 1. The number of amides is 2. The molecule has 0 aliphatic heterocycles. The lowest BCUT2D eigenvalue weighted by molar-refractivity contribution is -0.128. The van der Waals surface area contributed by atoms with Crippen LogP contribution in [0.4, 0.5) is 5.69 Å². The van der Waals surface area contributed by atoms with Gasteiger partial charge in [-0.3, -0.25) is 9.59 Å². The zero-order valence-electron chi connectivity index (χ0n) is 15.4. The van der Waals surface area contributed by atoms with Crippen molar-refractivity contribution in [1.82, 2.24) is 4.90 Å². The fraction of sp³-hybridized carbons (Fsp3) is 0.333. The lowest BCUT2D eigenvalue weighted by Gasteiger charge is -2.20. The van der Waals surface area contributed by atoms with Crippen LogP contribution in [0.2, 0.25) is 0 Å². The second-order valence-electron chi connectivity index (χ2n) is 6.12. The van der Waals surface area contributed by atoms with Gasteiger partial charge in [-0.1, -0.05) is 48.0 Å². The Labute approximate surface area is 160 Å². The van der Waals surface area contributed by atoms with Crippen molar-refractivity contribution in [3.05, 3.63) is 65.7 Å². The SMILES string of the molecule is CCN(CCc1ccccc1)C(=O)CSCC(=O)Nc1ccc(C)cc1. The minimum Gasteiger partial charge on any atom is -0.342 e. The van der Waals surface area contributed by atoms with Crippen molar-refractivity contribution in [3.8, 4) is 0 Å². The summed E-state index contributed by atoms with van der Waals surface area (Å²) in [7, 11) is 0. The molecule has 0 aliphatic rings. The maximum absolute atomic E-state index is 12.3. The number of nitrogens with one attached hydrogen (secondary N) is 1. The number of anilines is 1. The van der Waals surface area contributed by atoms with Crippen molar-refractivity contribution in [2.45, 2.75) is 20.3 Å². The minimum atomic E-state index is -0.0843. The Balaban J connectivity index is 1.70. The van der Waals surface area contributed by atoms with E-state index in [4.69, 9.17) is 0 Å². The Morgan fingerprint density at radius 2 is 1.69 bits per heavy atom. The third-order valence-electron chi connectivity index (χ3n) is 4.04. The van der Waals surface area contributed by atoms with E-state index in [1.54, 1.807) is 0 Å². The summed E-state index contributed by atoms with van der Waals surface area (Å²) >= 11 is 1.35. The predicted octanol–water partition coefficient (Wildman–Crippen LogP) is 3.76. The van der Waals surface area contributed by atoms with Crippen molar-refractivity contribution in [2.24, 2.45) is 0 Å². The van der Waals surface area contributed by atoms with Crippen LogP contribution in [0, 0.1) is 6.92 Å². The molecular formula is C21H26N2O2S. The summed E-state index contributed by atoms with van der Waals surface area (Å²) in [6.07, 6.45) is 0.846. The summed E-state index contributed by atoms with van der Waals surface area (Å²) in [6.45, 7) is 5.37. The van der Waals surface area contributed by atoms with Crippen molar-refractivity contribution in [2.75, 3.05) is 29.9 Å². The monoisotopic (exact) mass is 370 g/mol. The molecule has 2 amide bonds. The van der Waals surface area contributed by atoms with Gasteiger partial charge >= 0.3 is 0 Å². The zero-order chi connectivity index (χ0) is 18.8. The molecule has 0 unspecified atom stereocenters. The molecule has 0 aliphatic carbocycles. The van der Waals surface area contributed by atoms with Crippen LogP contribution < -0.4 is 5.32 Å². The molecule has 0 radical (unpaired) electrons. The van der Waals surface area contributed by atoms with E-state index < -0.39 is 0 Å². The molecule has 4 nitrogen and oxygen atoms in total. The average Bonchev–Trinajstić information content (AvgIpc) is 2.65. The highest BCUT2D eigenvalue weighted by Gasteiger charge is 2.12. The number of carbonyl (C=O) groups excluding carboxylic acids is 2. The van der Waals surface area contributed by atoms with E-state index in [0.717, 1.165) is 17.7 Å². The highest BCUT2D eigenvalue weighted by atomic mass is 32.2. The van der Waals surface area contributed by atoms with Gasteiger partial charge in [-0.15, -0.1) is 11.8 Å². The number of aryl methyl sites for hydroxylation is 1. The van der Waals surface area contributed by atoms with Crippen LogP contribution in [0.15, 0.2) is 54.6 Å². The molecule has 0 saturated heterocycles. The van der Waals surface area contributed by atoms with Crippen LogP contribution >= 0.6 is 11.8 Å². The van der Waals surface area contributed by atoms with E-state index in [1.807, 2.05) is 61.2 Å². The number of carbonyl (C=O) groups is 2. The fourth-order valence-electron chi connectivity index (χ4n) is 2.52. The molecule has 0 atom stereocenters. The Kier molecular flexibility index (Phi) is 8.22. The Bertz CT molecular complexity index is 702. The number of rotatable bonds is 9. The first-order valence-electron chi connectivity index (χ1n) is 8.84. The topological polar surface area (TPSA) is 49.4 Å². The van der Waals surface area contributed by atoms with Crippen LogP contribution in [0.5, 0.6) is 0 Å². The number of benzene rings is 2. The van der Waals surface area contributed by atoms with Gasteiger partial charge in [0.25, 0.3) is 0 Å². The molecule has 0 spiro atoms. The highest BCUT2D eigenvalue weighted by Crippen LogP contribution is 2.10. The first-order valence-corrected chi connectivity index (χ1v) is 10.00. The molecule has 0 saturated carbocycles. The first kappa shape index (κ1) is 20.0. The zero-order valence-corrected chi connectivity index (χ0v) is 16.2. The Hall–Kier alpha value is -2.27. The number of thioether (sulfide) groups is 1. The predicted molar refractivity (Wildman–Crippen MR) is 110 cm³/mol. The largest absolute Gasteiger partial charge is 0.342 e. The standard InChI is InChI=1S/C21H26N2O2S/c1-3-23(14-13-18-7-5-4-6-8-18)21(25)16-26-15-20(24)22-19-11-9-17(2)10-12-19/h4-12H,3,13-16H2,1-2H3,(H,22,24). The second-order valence-corrected chi connectivity index (χ2v) is 7.10. The number of hydrogen-bond acceptors (Lipinski definition) is 3. The molecule has 0 aromatic heterocycles. The Morgan fingerprint density at radius 1 is 1.00 bits per heavy atom. The van der Waals surface area contributed by atoms with Crippen LogP contribution in [-0.4, -0.2) is 41.3 Å². The van der Waals surface area contributed by atoms with E-state index >= 15 is 0 Å². The van der Waals surface area contributed by atoms with Gasteiger partial charge in [0.1, 0.15) is 0 Å². The smallest absolute Gasteiger partial charge is 0.234 e. The van der Waals surface area contributed by atoms with Crippen LogP contribution in [0.3, 0.4) is 0 Å². The molecule has 2 aromatic rings. The van der Waals surface area contributed by atoms with Crippen molar-refractivity contribution >= 4 is 29.3 Å². The average molecular weight is 371 g/mol. The van der Waals surface area contributed by atoms with Gasteiger partial charge in [-0.25, -0.2) is 0 Å². The molecule has 0 bridgehead atoms. The van der Waals surface area contributed by atoms with E-state index in [-0.39, 0.29) is 17.6 Å². The van der Waals surface area contributed by atoms with Crippen LogP contribution in [0.1, 0.15) is 18.1 Å². The van der Waals surface area contributed by atoms with Crippen LogP contribution in [-0.2, 0) is 16.0 Å². The summed E-state index contributed by atoms with van der Waals surface area (Å²) < 4.78 is 0. The van der Waals surface area contributed by atoms with Crippen molar-refractivity contribution in [1.29, 1.82) is 0 Å². The fourth-order valence-corrected chi connectivity index (χ4v) is 3.24. The highest BCUT2D eigenvalue weighted by molar-refractivity contribution is 8.00. The van der Waals surface area contributed by atoms with E-state index in [9.17, 15) is 9.59 Å². The number of likely N-dealkylation sites (N-methyl/N-ethyl adjacent to an activating group) is 1. The lowest BCUT2D eigenvalue weighted by Crippen LogP contribution is -2.34. The maximum atomic E-state index is 12.3. The molecule has 5 heteroatoms. The minimum absolute atomic E-state index is 0.0802. The third-order valence-corrected chi connectivity index (χ3v) is 4.96. The summed E-state index contributed by atoms with van der Waals surface area (Å²) in [6, 6.07) is 17.8. The molecule has 0 fully saturated rings. The van der Waals surface area contributed by atoms with Gasteiger partial charge in [0.05, 0.1) is 11.5 Å². The quantitative estimate of drug-likeness (QED) is 0.731. The summed E-state index contributed by atoms with van der Waals surface area (Å²) in [5.41, 5.74) is 3.16. The first-order chi connectivity index (χ1) is 12.6. The summed E-state index contributed by atoms with van der Waals surface area (Å²) in [5, 5.41) is 2.85. The molecular weight excluding hydrogens is 344 g/mol. The Morgan fingerprint density at radius 3 is 2.35 bits per heavy atom. The van der Waals surface area contributed by atoms with Gasteiger partial charge in [0.2, 0.25) is 11.8 Å². The second kappa shape index (κ2) is 10.7. The van der Waals surface area contributed by atoms with E-state index in [1.165, 1.54) is 17.3 Å². The van der Waals surface area contributed by atoms with Gasteiger partial charge in [0.15, 0.2) is 0 Å². The van der Waals surface area contributed by atoms with E-state index in [2.05, 4.69) is 17.4 Å². The van der Waals surface area contributed by atoms with Gasteiger partial charge in [-0.05, 0) is 38.0 Å². The lowest BCUT2D eigenvalue weighted by atomic mass is 10.1. The molecule has 1 N–H and O–H groups in total. The molecule has 0 heterocycles. The van der Waals surface area contributed by atoms with E-state index in [0.29, 0.717) is 18.8 Å². The third kappa shape index (κ3) is 6.92. The maximum Gasteiger partial charge on any atom is 0.234 e.